The Balaban J connectivity index is 2.33. The summed E-state index contributed by atoms with van der Waals surface area (Å²) in [5.41, 5.74) is 0.114. The number of carboxylic acids is 1. The molecule has 1 aliphatic carbocycles. The lowest BCUT2D eigenvalue weighted by Gasteiger charge is -2.38. The van der Waals surface area contributed by atoms with E-state index in [1.165, 1.54) is 96.5 Å². The van der Waals surface area contributed by atoms with Crippen LogP contribution >= 0.6 is 0 Å². The molecule has 9 nitrogen and oxygen atoms in total. The molecule has 0 fully saturated rings. The monoisotopic (exact) mass is 634 g/mol. The van der Waals surface area contributed by atoms with Gasteiger partial charge in [0, 0.05) is 31.1 Å². The van der Waals surface area contributed by atoms with E-state index < -0.39 is 36.0 Å². The number of rotatable bonds is 26. The molecule has 9 heteroatoms. The summed E-state index contributed by atoms with van der Waals surface area (Å²) >= 11 is 0. The zero-order valence-corrected chi connectivity index (χ0v) is 28.6. The second-order valence-corrected chi connectivity index (χ2v) is 12.4. The van der Waals surface area contributed by atoms with Crippen LogP contribution in [-0.4, -0.2) is 59.8 Å². The summed E-state index contributed by atoms with van der Waals surface area (Å²) in [6.45, 7) is 7.84. The van der Waals surface area contributed by atoms with E-state index in [1.54, 1.807) is 0 Å². The number of amides is 2. The van der Waals surface area contributed by atoms with Crippen molar-refractivity contribution in [3.05, 3.63) is 23.8 Å². The Kier molecular flexibility index (Phi) is 22.9. The fourth-order valence-electron chi connectivity index (χ4n) is 5.76. The quantitative estimate of drug-likeness (QED) is 0.0516. The Morgan fingerprint density at radius 2 is 1.31 bits per heavy atom. The van der Waals surface area contributed by atoms with Crippen LogP contribution in [-0.2, 0) is 28.7 Å². The lowest BCUT2D eigenvalue weighted by atomic mass is 9.87. The van der Waals surface area contributed by atoms with E-state index >= 15 is 0 Å². The van der Waals surface area contributed by atoms with Crippen molar-refractivity contribution in [1.29, 1.82) is 0 Å². The molecule has 0 aliphatic heterocycles. The molecule has 0 heterocycles. The minimum Gasteiger partial charge on any atom is -0.478 e. The van der Waals surface area contributed by atoms with E-state index in [4.69, 9.17) is 9.47 Å². The summed E-state index contributed by atoms with van der Waals surface area (Å²) in [4.78, 5) is 48.5. The molecule has 0 unspecified atom stereocenters. The summed E-state index contributed by atoms with van der Waals surface area (Å²) in [6.07, 6.45) is 24.6. The fourth-order valence-corrected chi connectivity index (χ4v) is 5.76. The zero-order chi connectivity index (χ0) is 33.3. The molecule has 2 amide bonds. The maximum absolute atomic E-state index is 12.8. The van der Waals surface area contributed by atoms with Gasteiger partial charge >= 0.3 is 11.9 Å². The molecule has 1 aliphatic rings. The van der Waals surface area contributed by atoms with Crippen LogP contribution in [0.3, 0.4) is 0 Å². The van der Waals surface area contributed by atoms with Crippen molar-refractivity contribution >= 4 is 23.8 Å². The van der Waals surface area contributed by atoms with Crippen molar-refractivity contribution in [1.82, 2.24) is 10.6 Å². The predicted octanol–water partition coefficient (Wildman–Crippen LogP) is 7.33. The molecule has 0 aromatic heterocycles. The molecule has 0 aromatic rings. The van der Waals surface area contributed by atoms with Crippen LogP contribution in [0, 0.1) is 0 Å². The summed E-state index contributed by atoms with van der Waals surface area (Å²) in [6, 6.07) is -1.40. The van der Waals surface area contributed by atoms with E-state index in [0.29, 0.717) is 19.4 Å². The minimum atomic E-state index is -1.10. The van der Waals surface area contributed by atoms with Gasteiger partial charge in [-0.15, -0.1) is 0 Å². The molecule has 258 valence electrons. The van der Waals surface area contributed by atoms with Gasteiger partial charge in [-0.2, -0.15) is 0 Å². The number of carbonyl (C=O) groups is 4. The molecular weight excluding hydrogens is 572 g/mol. The second-order valence-electron chi connectivity index (χ2n) is 12.4. The highest BCUT2D eigenvalue weighted by Crippen LogP contribution is 2.25. The second kappa shape index (κ2) is 25.5. The van der Waals surface area contributed by atoms with E-state index in [2.05, 4.69) is 17.6 Å². The van der Waals surface area contributed by atoms with Gasteiger partial charge in [-0.3, -0.25) is 9.59 Å². The van der Waals surface area contributed by atoms with Crippen LogP contribution in [0.4, 0.5) is 0 Å². The summed E-state index contributed by atoms with van der Waals surface area (Å²) in [5.74, 6) is -2.59. The molecule has 0 saturated heterocycles. The van der Waals surface area contributed by atoms with Gasteiger partial charge in [0.1, 0.15) is 0 Å². The van der Waals surface area contributed by atoms with Crippen LogP contribution in [0.1, 0.15) is 150 Å². The molecule has 3 atom stereocenters. The molecule has 0 saturated carbocycles. The highest BCUT2D eigenvalue weighted by atomic mass is 16.5. The van der Waals surface area contributed by atoms with Gasteiger partial charge in [-0.25, -0.2) is 9.59 Å². The first-order valence-corrected chi connectivity index (χ1v) is 17.7. The average molecular weight is 635 g/mol. The summed E-state index contributed by atoms with van der Waals surface area (Å²) in [5, 5.41) is 15.2. The van der Waals surface area contributed by atoms with E-state index in [9.17, 15) is 24.3 Å². The van der Waals surface area contributed by atoms with Crippen molar-refractivity contribution in [3.63, 3.8) is 0 Å². The normalized spacial score (nSPS) is 18.2. The molecule has 0 radical (unpaired) electrons. The number of carbonyl (C=O) groups excluding carboxylic acids is 3. The number of nitrogens with one attached hydrogen (secondary N) is 2. The van der Waals surface area contributed by atoms with Gasteiger partial charge in [0.2, 0.25) is 11.8 Å². The van der Waals surface area contributed by atoms with E-state index in [0.717, 1.165) is 31.4 Å². The van der Waals surface area contributed by atoms with Crippen LogP contribution < -0.4 is 10.6 Å². The zero-order valence-electron chi connectivity index (χ0n) is 28.6. The van der Waals surface area contributed by atoms with Crippen LogP contribution in [0.5, 0.6) is 0 Å². The number of hydrogen-bond donors (Lipinski definition) is 3. The van der Waals surface area contributed by atoms with E-state index in [-0.39, 0.29) is 24.0 Å². The smallest absolute Gasteiger partial charge is 0.331 e. The van der Waals surface area contributed by atoms with Crippen LogP contribution in [0.2, 0.25) is 0 Å². The van der Waals surface area contributed by atoms with Crippen LogP contribution in [0.25, 0.3) is 0 Å². The van der Waals surface area contributed by atoms with Crippen molar-refractivity contribution in [2.24, 2.45) is 0 Å². The molecule has 3 N–H and O–H groups in total. The number of ether oxygens (including phenoxy) is 2. The summed E-state index contributed by atoms with van der Waals surface area (Å²) < 4.78 is 11.4. The highest BCUT2D eigenvalue weighted by molar-refractivity contribution is 5.95. The third-order valence-corrected chi connectivity index (χ3v) is 8.44. The number of unbranched alkanes of at least 4 members (excludes halogenated alkanes) is 15. The van der Waals surface area contributed by atoms with Gasteiger partial charge in [-0.1, -0.05) is 117 Å². The molecule has 45 heavy (non-hydrogen) atoms. The molecule has 0 spiro atoms. The van der Waals surface area contributed by atoms with Gasteiger partial charge < -0.3 is 25.2 Å². The van der Waals surface area contributed by atoms with Crippen molar-refractivity contribution < 1.29 is 33.8 Å². The Labute approximate surface area is 272 Å². The Morgan fingerprint density at radius 3 is 1.78 bits per heavy atom. The maximum Gasteiger partial charge on any atom is 0.331 e. The van der Waals surface area contributed by atoms with Gasteiger partial charge in [-0.05, 0) is 25.3 Å². The lowest BCUT2D eigenvalue weighted by Crippen LogP contribution is -2.59. The SMILES string of the molecule is CCCCCCCCCCCCCCCCCCOC(=O)/C=C/C(=O)N[C@@H]1[C@@H](NC(C)=O)CC(C(=O)O)=C[C@@H]1OC(CC)CC. The predicted molar refractivity (Wildman–Crippen MR) is 179 cm³/mol. The largest absolute Gasteiger partial charge is 0.478 e. The number of carboxylic acid groups (broad SMARTS) is 1. The first-order valence-electron chi connectivity index (χ1n) is 17.7. The Bertz CT molecular complexity index is 913. The van der Waals surface area contributed by atoms with Gasteiger partial charge in [0.15, 0.2) is 0 Å². The summed E-state index contributed by atoms with van der Waals surface area (Å²) in [7, 11) is 0. The first-order chi connectivity index (χ1) is 21.7. The average Bonchev–Trinajstić information content (AvgIpc) is 3.01. The third kappa shape index (κ3) is 19.4. The molecule has 0 aromatic carbocycles. The Hall–Kier alpha value is -2.68. The molecular formula is C36H62N2O7. The minimum absolute atomic E-state index is 0.0354. The van der Waals surface area contributed by atoms with E-state index in [1.807, 2.05) is 13.8 Å². The Morgan fingerprint density at radius 1 is 0.800 bits per heavy atom. The van der Waals surface area contributed by atoms with Crippen molar-refractivity contribution in [2.75, 3.05) is 6.61 Å². The number of esters is 1. The third-order valence-electron chi connectivity index (χ3n) is 8.44. The lowest BCUT2D eigenvalue weighted by molar-refractivity contribution is -0.138. The van der Waals surface area contributed by atoms with Crippen molar-refractivity contribution in [3.8, 4) is 0 Å². The fraction of sp³-hybridized carbons (Fsp3) is 0.778. The highest BCUT2D eigenvalue weighted by Gasteiger charge is 2.38. The standard InChI is InChI=1S/C36H62N2O7/c1-5-8-9-10-11-12-13-14-15-16-17-18-19-20-21-22-25-44-34(41)24-23-33(40)38-35-31(37-28(4)39)26-29(36(42)43)27-32(35)45-30(6-2)7-3/h23-24,27,30-32,35H,5-22,25-26H2,1-4H3,(H,37,39)(H,38,40)(H,42,43)/b24-23+/t31-,32-,35+/m0/s1. The number of hydrogen-bond acceptors (Lipinski definition) is 6. The first kappa shape index (κ1) is 40.3. The topological polar surface area (TPSA) is 131 Å². The van der Waals surface area contributed by atoms with Gasteiger partial charge in [0.05, 0.1) is 30.9 Å². The molecule has 0 bridgehead atoms. The van der Waals surface area contributed by atoms with Crippen LogP contribution in [0.15, 0.2) is 23.8 Å². The molecule has 1 rings (SSSR count). The maximum atomic E-state index is 12.8. The van der Waals surface area contributed by atoms with Crippen molar-refractivity contribution in [2.45, 2.75) is 174 Å². The number of aliphatic carboxylic acids is 1. The van der Waals surface area contributed by atoms with Gasteiger partial charge in [0.25, 0.3) is 0 Å².